The van der Waals surface area contributed by atoms with Crippen molar-refractivity contribution < 1.29 is 4.79 Å². The van der Waals surface area contributed by atoms with E-state index in [9.17, 15) is 4.79 Å². The molecule has 1 heterocycles. The van der Waals surface area contributed by atoms with Gasteiger partial charge in [0.1, 0.15) is 0 Å². The minimum atomic E-state index is 0.172. The number of hydrogen-bond donors (Lipinski definition) is 1. The van der Waals surface area contributed by atoms with Crippen LogP contribution in [-0.4, -0.2) is 15.6 Å². The van der Waals surface area contributed by atoms with Crippen LogP contribution in [0, 0.1) is 12.8 Å². The van der Waals surface area contributed by atoms with Crippen molar-refractivity contribution in [1.29, 1.82) is 0 Å². The van der Waals surface area contributed by atoms with E-state index in [1.165, 1.54) is 5.56 Å². The van der Waals surface area contributed by atoms with E-state index >= 15 is 0 Å². The molecule has 1 aromatic heterocycles. The summed E-state index contributed by atoms with van der Waals surface area (Å²) in [6.07, 6.45) is 1.44. The third-order valence-corrected chi connectivity index (χ3v) is 4.65. The standard InChI is InChI=1S/C21H21N3O/c1-14-8-10-16(11-9-14)22-21-20-18(12-15(2)13-19(20)25)24(23-21)17-6-4-3-5-7-17/h3-11,15H,12-13H2,1-2H3,(H,22,23)/t15-/m0/s1. The molecule has 4 nitrogen and oxygen atoms in total. The summed E-state index contributed by atoms with van der Waals surface area (Å²) in [5.41, 5.74) is 4.87. The van der Waals surface area contributed by atoms with Crippen LogP contribution in [0.1, 0.15) is 35.0 Å². The number of carbonyl (C=O) groups is 1. The number of hydrogen-bond acceptors (Lipinski definition) is 3. The third-order valence-electron chi connectivity index (χ3n) is 4.65. The van der Waals surface area contributed by atoms with Crippen LogP contribution in [0.5, 0.6) is 0 Å². The van der Waals surface area contributed by atoms with Crippen LogP contribution in [0.3, 0.4) is 0 Å². The van der Waals surface area contributed by atoms with E-state index in [0.717, 1.165) is 29.1 Å². The Morgan fingerprint density at radius 3 is 2.48 bits per heavy atom. The second-order valence-electron chi connectivity index (χ2n) is 6.85. The zero-order valence-electron chi connectivity index (χ0n) is 14.5. The normalized spacial score (nSPS) is 16.6. The van der Waals surface area contributed by atoms with Gasteiger partial charge >= 0.3 is 0 Å². The molecule has 0 aliphatic heterocycles. The summed E-state index contributed by atoms with van der Waals surface area (Å²) in [4.78, 5) is 12.7. The number of aromatic nitrogens is 2. The summed E-state index contributed by atoms with van der Waals surface area (Å²) in [5, 5.41) is 8.09. The van der Waals surface area contributed by atoms with Crippen molar-refractivity contribution in [2.75, 3.05) is 5.32 Å². The van der Waals surface area contributed by atoms with Crippen LogP contribution >= 0.6 is 0 Å². The van der Waals surface area contributed by atoms with Gasteiger partial charge in [0, 0.05) is 12.1 Å². The highest BCUT2D eigenvalue weighted by Crippen LogP contribution is 2.33. The second-order valence-corrected chi connectivity index (χ2v) is 6.85. The average molecular weight is 331 g/mol. The van der Waals surface area contributed by atoms with Crippen LogP contribution in [0.4, 0.5) is 11.5 Å². The largest absolute Gasteiger partial charge is 0.338 e. The highest BCUT2D eigenvalue weighted by atomic mass is 16.1. The van der Waals surface area contributed by atoms with Gasteiger partial charge in [0.25, 0.3) is 0 Å². The van der Waals surface area contributed by atoms with Crippen molar-refractivity contribution in [2.45, 2.75) is 26.7 Å². The molecule has 1 N–H and O–H groups in total. The van der Waals surface area contributed by atoms with Crippen LogP contribution in [0.25, 0.3) is 5.69 Å². The summed E-state index contributed by atoms with van der Waals surface area (Å²) in [5.74, 6) is 1.16. The van der Waals surface area contributed by atoms with Gasteiger partial charge in [-0.3, -0.25) is 4.79 Å². The van der Waals surface area contributed by atoms with Gasteiger partial charge in [0.05, 0.1) is 16.9 Å². The quantitative estimate of drug-likeness (QED) is 0.757. The molecule has 0 amide bonds. The summed E-state index contributed by atoms with van der Waals surface area (Å²) in [7, 11) is 0. The van der Waals surface area contributed by atoms with Crippen molar-refractivity contribution in [3.63, 3.8) is 0 Å². The fraction of sp³-hybridized carbons (Fsp3) is 0.238. The molecule has 2 aromatic carbocycles. The first-order valence-corrected chi connectivity index (χ1v) is 8.66. The monoisotopic (exact) mass is 331 g/mol. The summed E-state index contributed by atoms with van der Waals surface area (Å²) in [6, 6.07) is 18.1. The fourth-order valence-electron chi connectivity index (χ4n) is 3.40. The Morgan fingerprint density at radius 2 is 1.76 bits per heavy atom. The van der Waals surface area contributed by atoms with E-state index in [1.54, 1.807) is 0 Å². The van der Waals surface area contributed by atoms with Crippen molar-refractivity contribution in [3.05, 3.63) is 71.4 Å². The van der Waals surface area contributed by atoms with Crippen LogP contribution in [0.2, 0.25) is 0 Å². The van der Waals surface area contributed by atoms with Gasteiger partial charge in [0.2, 0.25) is 0 Å². The number of Topliss-reactive ketones (excluding diaryl/α,β-unsaturated/α-hetero) is 1. The van der Waals surface area contributed by atoms with Gasteiger partial charge in [-0.05, 0) is 43.5 Å². The second kappa shape index (κ2) is 6.20. The maximum Gasteiger partial charge on any atom is 0.168 e. The minimum absolute atomic E-state index is 0.172. The lowest BCUT2D eigenvalue weighted by Crippen LogP contribution is -2.19. The van der Waals surface area contributed by atoms with E-state index in [4.69, 9.17) is 5.10 Å². The Bertz CT molecular complexity index is 910. The van der Waals surface area contributed by atoms with Gasteiger partial charge in [0.15, 0.2) is 11.6 Å². The third kappa shape index (κ3) is 2.95. The van der Waals surface area contributed by atoms with Gasteiger partial charge in [-0.15, -0.1) is 5.10 Å². The molecule has 4 heteroatoms. The smallest absolute Gasteiger partial charge is 0.168 e. The first kappa shape index (κ1) is 15.6. The Morgan fingerprint density at radius 1 is 1.04 bits per heavy atom. The molecule has 0 radical (unpaired) electrons. The predicted molar refractivity (Wildman–Crippen MR) is 99.8 cm³/mol. The first-order valence-electron chi connectivity index (χ1n) is 8.66. The highest BCUT2D eigenvalue weighted by Gasteiger charge is 2.31. The molecule has 126 valence electrons. The number of carbonyl (C=O) groups excluding carboxylic acids is 1. The Hall–Kier alpha value is -2.88. The molecule has 0 spiro atoms. The Balaban J connectivity index is 1.82. The molecule has 1 aliphatic carbocycles. The van der Waals surface area contributed by atoms with Crippen molar-refractivity contribution in [1.82, 2.24) is 9.78 Å². The van der Waals surface area contributed by atoms with E-state index in [-0.39, 0.29) is 5.78 Å². The number of benzene rings is 2. The maximum atomic E-state index is 12.7. The minimum Gasteiger partial charge on any atom is -0.338 e. The van der Waals surface area contributed by atoms with Crippen LogP contribution in [0.15, 0.2) is 54.6 Å². The molecule has 25 heavy (non-hydrogen) atoms. The van der Waals surface area contributed by atoms with Crippen molar-refractivity contribution in [2.24, 2.45) is 5.92 Å². The lowest BCUT2D eigenvalue weighted by Gasteiger charge is -2.19. The molecular formula is C21H21N3O. The summed E-state index contributed by atoms with van der Waals surface area (Å²) < 4.78 is 1.92. The van der Waals surface area contributed by atoms with E-state index < -0.39 is 0 Å². The van der Waals surface area contributed by atoms with Crippen molar-refractivity contribution in [3.8, 4) is 5.69 Å². The number of ketones is 1. The fourth-order valence-corrected chi connectivity index (χ4v) is 3.40. The van der Waals surface area contributed by atoms with E-state index in [1.807, 2.05) is 59.3 Å². The number of anilines is 2. The van der Waals surface area contributed by atoms with Crippen molar-refractivity contribution >= 4 is 17.3 Å². The topological polar surface area (TPSA) is 46.9 Å². The molecule has 0 saturated heterocycles. The van der Waals surface area contributed by atoms with E-state index in [2.05, 4.69) is 19.2 Å². The average Bonchev–Trinajstić information content (AvgIpc) is 2.96. The predicted octanol–water partition coefficient (Wildman–Crippen LogP) is 4.69. The van der Waals surface area contributed by atoms with Crippen LogP contribution in [-0.2, 0) is 6.42 Å². The maximum absolute atomic E-state index is 12.7. The SMILES string of the molecule is Cc1ccc(Nc2nn(-c3ccccc3)c3c2C(=O)C[C@@H](C)C3)cc1. The zero-order chi connectivity index (χ0) is 17.4. The first-order chi connectivity index (χ1) is 12.1. The number of nitrogens with one attached hydrogen (secondary N) is 1. The number of para-hydroxylation sites is 1. The molecular weight excluding hydrogens is 310 g/mol. The van der Waals surface area contributed by atoms with Gasteiger partial charge in [-0.1, -0.05) is 42.8 Å². The Kier molecular flexibility index (Phi) is 3.88. The van der Waals surface area contributed by atoms with Gasteiger partial charge in [-0.2, -0.15) is 0 Å². The molecule has 4 rings (SSSR count). The van der Waals surface area contributed by atoms with Gasteiger partial charge in [-0.25, -0.2) is 4.68 Å². The lowest BCUT2D eigenvalue weighted by atomic mass is 9.87. The molecule has 0 fully saturated rings. The van der Waals surface area contributed by atoms with Crippen LogP contribution < -0.4 is 5.32 Å². The molecule has 3 aromatic rings. The van der Waals surface area contributed by atoms with E-state index in [0.29, 0.717) is 18.2 Å². The number of aryl methyl sites for hydroxylation is 1. The number of rotatable bonds is 3. The van der Waals surface area contributed by atoms with Gasteiger partial charge < -0.3 is 5.32 Å². The number of nitrogens with zero attached hydrogens (tertiary/aromatic N) is 2. The molecule has 0 unspecified atom stereocenters. The summed E-state index contributed by atoms with van der Waals surface area (Å²) in [6.45, 7) is 4.18. The molecule has 0 saturated carbocycles. The number of fused-ring (bicyclic) bond motifs is 1. The molecule has 0 bridgehead atoms. The zero-order valence-corrected chi connectivity index (χ0v) is 14.5. The summed E-state index contributed by atoms with van der Waals surface area (Å²) >= 11 is 0. The highest BCUT2D eigenvalue weighted by molar-refractivity contribution is 6.03. The molecule has 1 aliphatic rings. The lowest BCUT2D eigenvalue weighted by molar-refractivity contribution is 0.0953. The Labute approximate surface area is 147 Å². The molecule has 1 atom stereocenters.